The van der Waals surface area contributed by atoms with Crippen LogP contribution in [0.5, 0.6) is 0 Å². The van der Waals surface area contributed by atoms with Crippen molar-refractivity contribution in [1.29, 1.82) is 0 Å². The van der Waals surface area contributed by atoms with E-state index in [2.05, 4.69) is 129 Å². The predicted octanol–water partition coefficient (Wildman–Crippen LogP) is 9.21. The molecule has 71 heavy (non-hydrogen) atoms. The topological polar surface area (TPSA) is 231 Å². The molecule has 1 saturated heterocycles. The Morgan fingerprint density at radius 2 is 1.31 bits per heavy atom. The molecular formula is C51H72N18O2. The first-order valence-electron chi connectivity index (χ1n) is 25.0. The van der Waals surface area contributed by atoms with Gasteiger partial charge in [0.05, 0.1) is 12.2 Å². The van der Waals surface area contributed by atoms with Crippen LogP contribution in [0, 0.1) is 0 Å². The molecule has 0 radical (unpaired) electrons. The smallest absolute Gasteiger partial charge is 0.227 e. The maximum Gasteiger partial charge on any atom is 0.227 e. The molecule has 10 rings (SSSR count). The minimum atomic E-state index is 0. The molecule has 7 N–H and O–H groups in total. The Bertz CT molecular complexity index is 2690. The molecule has 20 heteroatoms. The summed E-state index contributed by atoms with van der Waals surface area (Å²) in [4.78, 5) is 25.9. The molecule has 2 aliphatic carbocycles. The monoisotopic (exact) mass is 969 g/mol. The number of nitrogens with one attached hydrogen (secondary N) is 7. The fraction of sp³-hybridized carbons (Fsp3) is 0.490. The van der Waals surface area contributed by atoms with Gasteiger partial charge < -0.3 is 50.3 Å². The Labute approximate surface area is 417 Å². The molecule has 1 aliphatic heterocycles. The quantitative estimate of drug-likeness (QED) is 0.0296. The molecule has 0 spiro atoms. The standard InChI is InChI=1S/C28H37N9O.C22H31N9O.CH4/c1-3-37(4-2)16-8-14-29-25-19-26(31-27-18-23(34-35-27)21-11-12-21)33-28(32-25)30-15-13-22-17-24(36-38-22)20-9-6-5-7-10-20;1-14(2)17-10-16(32-29-17)13-23-22-25-19(24-20-11-18(27-28-20)15-4-5-15)12-21(26-22)31-8-6-30(3)7-9-31;/h5-7,9-10,17-19,21H,3-4,8,11-16H2,1-2H3,(H4,29,30,31,32,33,34,35);10-12,14-15H,4-9,13H2,1-3H3,(H3,23,24,25,26,27,28);1H4. The lowest BCUT2D eigenvalue weighted by Gasteiger charge is -2.33. The molecule has 378 valence electrons. The summed E-state index contributed by atoms with van der Waals surface area (Å²) in [5, 5.41) is 40.2. The molecule has 0 bridgehead atoms. The molecule has 6 aromatic heterocycles. The summed E-state index contributed by atoms with van der Waals surface area (Å²) in [5.41, 5.74) is 5.18. The first-order chi connectivity index (χ1) is 34.2. The predicted molar refractivity (Wildman–Crippen MR) is 281 cm³/mol. The van der Waals surface area contributed by atoms with Gasteiger partial charge in [-0.25, -0.2) is 0 Å². The summed E-state index contributed by atoms with van der Waals surface area (Å²) in [5.74, 6) is 8.84. The van der Waals surface area contributed by atoms with E-state index >= 15 is 0 Å². The zero-order chi connectivity index (χ0) is 48.2. The van der Waals surface area contributed by atoms with Gasteiger partial charge in [-0.3, -0.25) is 10.2 Å². The number of hydrogen-bond donors (Lipinski definition) is 7. The Kier molecular flexibility index (Phi) is 17.1. The van der Waals surface area contributed by atoms with Crippen LogP contribution in [0.25, 0.3) is 11.3 Å². The van der Waals surface area contributed by atoms with Gasteiger partial charge in [0.2, 0.25) is 11.9 Å². The van der Waals surface area contributed by atoms with Gasteiger partial charge in [-0.05, 0) is 64.7 Å². The highest BCUT2D eigenvalue weighted by atomic mass is 16.5. The first-order valence-corrected chi connectivity index (χ1v) is 25.0. The van der Waals surface area contributed by atoms with Crippen molar-refractivity contribution in [2.45, 2.75) is 97.9 Å². The number of piperazine rings is 1. The van der Waals surface area contributed by atoms with Crippen molar-refractivity contribution in [2.75, 3.05) is 97.4 Å². The van der Waals surface area contributed by atoms with Gasteiger partial charge in [0, 0.05) is 111 Å². The molecule has 0 amide bonds. The molecular weight excluding hydrogens is 897 g/mol. The number of benzene rings is 1. The first kappa shape index (κ1) is 50.3. The van der Waals surface area contributed by atoms with Gasteiger partial charge in [0.25, 0.3) is 0 Å². The molecule has 2 saturated carbocycles. The third-order valence-corrected chi connectivity index (χ3v) is 12.7. The third kappa shape index (κ3) is 14.5. The van der Waals surface area contributed by atoms with Crippen LogP contribution in [0.3, 0.4) is 0 Å². The van der Waals surface area contributed by atoms with Crippen molar-refractivity contribution in [1.82, 2.24) is 60.4 Å². The fourth-order valence-electron chi connectivity index (χ4n) is 8.11. The number of nitrogens with zero attached hydrogens (tertiary/aromatic N) is 11. The minimum absolute atomic E-state index is 0. The van der Waals surface area contributed by atoms with E-state index < -0.39 is 0 Å². The lowest BCUT2D eigenvalue weighted by Crippen LogP contribution is -2.44. The van der Waals surface area contributed by atoms with Crippen molar-refractivity contribution < 1.29 is 9.05 Å². The normalized spacial score (nSPS) is 14.8. The van der Waals surface area contributed by atoms with E-state index in [1.165, 1.54) is 37.1 Å². The second-order valence-corrected chi connectivity index (χ2v) is 18.7. The van der Waals surface area contributed by atoms with E-state index in [4.69, 9.17) is 19.0 Å². The zero-order valence-electron chi connectivity index (χ0n) is 41.1. The van der Waals surface area contributed by atoms with Crippen LogP contribution in [-0.2, 0) is 13.0 Å². The van der Waals surface area contributed by atoms with Crippen LogP contribution in [0.2, 0.25) is 0 Å². The minimum Gasteiger partial charge on any atom is -0.370 e. The number of aromatic nitrogens is 10. The van der Waals surface area contributed by atoms with Gasteiger partial charge in [-0.15, -0.1) is 0 Å². The van der Waals surface area contributed by atoms with Crippen LogP contribution in [0.4, 0.5) is 46.8 Å². The average Bonchev–Trinajstić information content (AvgIpc) is 4.15. The van der Waals surface area contributed by atoms with Crippen LogP contribution in [-0.4, -0.2) is 126 Å². The Balaban J connectivity index is 0.000000190. The molecule has 20 nitrogen and oxygen atoms in total. The van der Waals surface area contributed by atoms with Crippen LogP contribution < -0.4 is 31.5 Å². The second kappa shape index (κ2) is 24.2. The summed E-state index contributed by atoms with van der Waals surface area (Å²) in [7, 11) is 2.15. The Morgan fingerprint density at radius 1 is 0.676 bits per heavy atom. The second-order valence-electron chi connectivity index (χ2n) is 18.7. The summed E-state index contributed by atoms with van der Waals surface area (Å²) in [6.45, 7) is 17.6. The fourth-order valence-corrected chi connectivity index (χ4v) is 8.11. The molecule has 7 aromatic rings. The van der Waals surface area contributed by atoms with Crippen LogP contribution >= 0.6 is 0 Å². The van der Waals surface area contributed by atoms with E-state index in [1.807, 2.05) is 54.6 Å². The lowest BCUT2D eigenvalue weighted by molar-refractivity contribution is 0.303. The Morgan fingerprint density at radius 3 is 1.94 bits per heavy atom. The van der Waals surface area contributed by atoms with Crippen molar-refractivity contribution in [3.8, 4) is 11.3 Å². The van der Waals surface area contributed by atoms with Gasteiger partial charge in [-0.1, -0.05) is 75.8 Å². The van der Waals surface area contributed by atoms with Gasteiger partial charge in [0.1, 0.15) is 34.7 Å². The van der Waals surface area contributed by atoms with Crippen molar-refractivity contribution in [2.24, 2.45) is 0 Å². The number of likely N-dealkylation sites (N-methyl/N-ethyl adjacent to an activating group) is 1. The highest BCUT2D eigenvalue weighted by Crippen LogP contribution is 2.40. The van der Waals surface area contributed by atoms with Crippen LogP contribution in [0.1, 0.15) is 114 Å². The number of anilines is 8. The van der Waals surface area contributed by atoms with Gasteiger partial charge in [-0.2, -0.15) is 30.1 Å². The maximum absolute atomic E-state index is 5.54. The molecule has 3 fully saturated rings. The Hall–Kier alpha value is -7.06. The van der Waals surface area contributed by atoms with E-state index in [0.29, 0.717) is 60.8 Å². The molecule has 3 aliphatic rings. The molecule has 7 heterocycles. The van der Waals surface area contributed by atoms with E-state index in [-0.39, 0.29) is 7.43 Å². The van der Waals surface area contributed by atoms with Crippen molar-refractivity contribution in [3.05, 3.63) is 95.3 Å². The SMILES string of the molecule is C.CC(C)c1cc(CNc2nc(Nc3cc(C4CC4)[nH]n3)cc(N3CCN(C)CC3)n2)on1.CCN(CC)CCCNc1cc(Nc2cc(C3CC3)[nH]n2)nc(NCCc2cc(-c3ccccc3)no2)n1. The number of H-pyrrole nitrogens is 2. The highest BCUT2D eigenvalue weighted by molar-refractivity contribution is 5.61. The van der Waals surface area contributed by atoms with Crippen molar-refractivity contribution >= 4 is 46.8 Å². The summed E-state index contributed by atoms with van der Waals surface area (Å²) in [6, 6.07) is 22.0. The van der Waals surface area contributed by atoms with Gasteiger partial charge in [0.15, 0.2) is 17.4 Å². The number of rotatable bonds is 23. The number of aromatic amines is 2. The zero-order valence-corrected chi connectivity index (χ0v) is 41.1. The largest absolute Gasteiger partial charge is 0.370 e. The third-order valence-electron chi connectivity index (χ3n) is 12.7. The van der Waals surface area contributed by atoms with E-state index in [9.17, 15) is 0 Å². The van der Waals surface area contributed by atoms with Crippen molar-refractivity contribution in [3.63, 3.8) is 0 Å². The van der Waals surface area contributed by atoms with Crippen LogP contribution in [0.15, 0.2) is 75.8 Å². The summed E-state index contributed by atoms with van der Waals surface area (Å²) in [6.07, 6.45) is 6.62. The van der Waals surface area contributed by atoms with E-state index in [1.54, 1.807) is 0 Å². The average molecular weight is 969 g/mol. The molecule has 0 atom stereocenters. The molecule has 0 unspecified atom stereocenters. The lowest BCUT2D eigenvalue weighted by atomic mass is 10.1. The summed E-state index contributed by atoms with van der Waals surface area (Å²) < 4.78 is 11.0. The maximum atomic E-state index is 5.54. The number of hydrogen-bond acceptors (Lipinski definition) is 18. The van der Waals surface area contributed by atoms with E-state index in [0.717, 1.165) is 111 Å². The highest BCUT2D eigenvalue weighted by Gasteiger charge is 2.27. The van der Waals surface area contributed by atoms with Gasteiger partial charge >= 0.3 is 0 Å². The molecule has 1 aromatic carbocycles. The summed E-state index contributed by atoms with van der Waals surface area (Å²) >= 11 is 0.